The Labute approximate surface area is 208 Å². The van der Waals surface area contributed by atoms with Gasteiger partial charge in [0.15, 0.2) is 12.3 Å². The zero-order valence-electron chi connectivity index (χ0n) is 20.3. The number of aliphatic hydroxyl groups excluding tert-OH is 2. The lowest BCUT2D eigenvalue weighted by Gasteiger charge is -2.43. The molecule has 15 nitrogen and oxygen atoms in total. The predicted octanol–water partition coefficient (Wildman–Crippen LogP) is -4.83. The van der Waals surface area contributed by atoms with Crippen molar-refractivity contribution in [3.05, 3.63) is 28.4 Å². The number of hydrogen-bond donors (Lipinski definition) is 8. The van der Waals surface area contributed by atoms with E-state index in [0.29, 0.717) is 18.7 Å². The van der Waals surface area contributed by atoms with Crippen molar-refractivity contribution in [3.8, 4) is 0 Å². The van der Waals surface area contributed by atoms with Crippen LogP contribution in [0.4, 0.5) is 0 Å². The minimum atomic E-state index is -1.72. The third-order valence-corrected chi connectivity index (χ3v) is 5.56. The van der Waals surface area contributed by atoms with Crippen LogP contribution in [0.15, 0.2) is 17.1 Å². The van der Waals surface area contributed by atoms with Crippen LogP contribution in [0.25, 0.3) is 0 Å². The van der Waals surface area contributed by atoms with E-state index >= 15 is 0 Å². The number of aryl methyl sites for hydroxylation is 1. The molecule has 3 amide bonds. The molecule has 2 heterocycles. The first-order chi connectivity index (χ1) is 17.1. The zero-order chi connectivity index (χ0) is 26.8. The predicted molar refractivity (Wildman–Crippen MR) is 127 cm³/mol. The maximum atomic E-state index is 13.0. The second kappa shape index (κ2) is 14.0. The van der Waals surface area contributed by atoms with E-state index in [4.69, 9.17) is 16.2 Å². The molecule has 0 radical (unpaired) electrons. The molecule has 0 aromatic carbocycles. The summed E-state index contributed by atoms with van der Waals surface area (Å²) >= 11 is 0. The molecule has 10 N–H and O–H groups in total. The number of rotatable bonds is 12. The van der Waals surface area contributed by atoms with Gasteiger partial charge in [-0.2, -0.15) is 4.98 Å². The molecule has 6 atom stereocenters. The Bertz CT molecular complexity index is 958. The fraction of sp³-hybridized carbons (Fsp3) is 0.667. The summed E-state index contributed by atoms with van der Waals surface area (Å²) in [6, 6.07) is -0.987. The summed E-state index contributed by atoms with van der Waals surface area (Å²) in [5.41, 5.74) is 10.7. The Balaban J connectivity index is 2.33. The number of likely N-dealkylation sites (N-methyl/N-ethyl adjacent to an activating group) is 1. The van der Waals surface area contributed by atoms with E-state index in [1.165, 1.54) is 12.3 Å². The lowest BCUT2D eigenvalue weighted by Crippen LogP contribution is -2.67. The highest BCUT2D eigenvalue weighted by atomic mass is 16.5. The van der Waals surface area contributed by atoms with E-state index in [0.717, 1.165) is 4.57 Å². The van der Waals surface area contributed by atoms with Gasteiger partial charge in [0.25, 0.3) is 5.91 Å². The van der Waals surface area contributed by atoms with Crippen molar-refractivity contribution < 1.29 is 29.3 Å². The summed E-state index contributed by atoms with van der Waals surface area (Å²) in [4.78, 5) is 54.1. The largest absolute Gasteiger partial charge is 0.388 e. The highest BCUT2D eigenvalue weighted by molar-refractivity contribution is 5.89. The average molecular weight is 513 g/mol. The Morgan fingerprint density at radius 2 is 1.94 bits per heavy atom. The molecule has 1 aliphatic heterocycles. The van der Waals surface area contributed by atoms with E-state index in [2.05, 4.69) is 26.3 Å². The summed E-state index contributed by atoms with van der Waals surface area (Å²) in [5, 5.41) is 32.0. The molecule has 2 rings (SSSR count). The average Bonchev–Trinajstić information content (AvgIpc) is 2.82. The van der Waals surface area contributed by atoms with Crippen LogP contribution in [-0.4, -0.2) is 101 Å². The standard InChI is InChI=1S/C21H36N8O7/c1-11-5-9-29(21(35)26-11)20-16(32)15(31)14(17(36-20)19(34)25-8-3-6-22)28-18(33)12(4-7-23)27-13(30)10-24-2/h5,9,12,14-17,20,24,31-32H,3-4,6-8,10,22-23H2,1-2H3,(H,25,34)(H,27,30)(H,28,33). The van der Waals surface area contributed by atoms with Crippen LogP contribution in [0.5, 0.6) is 0 Å². The van der Waals surface area contributed by atoms with Gasteiger partial charge < -0.3 is 47.7 Å². The lowest BCUT2D eigenvalue weighted by molar-refractivity contribution is -0.213. The summed E-state index contributed by atoms with van der Waals surface area (Å²) < 4.78 is 6.73. The van der Waals surface area contributed by atoms with E-state index in [9.17, 15) is 29.4 Å². The van der Waals surface area contributed by atoms with Crippen LogP contribution in [0.2, 0.25) is 0 Å². The van der Waals surface area contributed by atoms with Crippen molar-refractivity contribution in [2.75, 3.05) is 33.2 Å². The van der Waals surface area contributed by atoms with Crippen molar-refractivity contribution in [1.82, 2.24) is 30.8 Å². The number of aliphatic hydroxyl groups is 2. The molecule has 6 unspecified atom stereocenters. The molecule has 0 spiro atoms. The van der Waals surface area contributed by atoms with Crippen molar-refractivity contribution in [2.24, 2.45) is 11.5 Å². The van der Waals surface area contributed by atoms with Gasteiger partial charge in [0.05, 0.1) is 12.6 Å². The van der Waals surface area contributed by atoms with Gasteiger partial charge in [-0.15, -0.1) is 0 Å². The van der Waals surface area contributed by atoms with Gasteiger partial charge in [-0.05, 0) is 46.0 Å². The molecule has 1 aliphatic rings. The van der Waals surface area contributed by atoms with Crippen LogP contribution >= 0.6 is 0 Å². The van der Waals surface area contributed by atoms with Crippen molar-refractivity contribution in [2.45, 2.75) is 56.4 Å². The van der Waals surface area contributed by atoms with Gasteiger partial charge >= 0.3 is 5.69 Å². The van der Waals surface area contributed by atoms with Crippen LogP contribution in [-0.2, 0) is 19.1 Å². The molecule has 15 heteroatoms. The maximum Gasteiger partial charge on any atom is 0.349 e. The van der Waals surface area contributed by atoms with Crippen LogP contribution in [0, 0.1) is 6.92 Å². The molecule has 36 heavy (non-hydrogen) atoms. The molecule has 202 valence electrons. The maximum absolute atomic E-state index is 13.0. The number of amides is 3. The Kier molecular flexibility index (Phi) is 11.4. The normalized spacial score (nSPS) is 24.6. The number of carbonyl (C=O) groups excluding carboxylic acids is 3. The molecule has 1 saturated heterocycles. The number of nitrogens with zero attached hydrogens (tertiary/aromatic N) is 2. The molecule has 1 aromatic rings. The number of ether oxygens (including phenoxy) is 1. The first-order valence-electron chi connectivity index (χ1n) is 11.6. The molecular formula is C21H36N8O7. The molecule has 0 bridgehead atoms. The van der Waals surface area contributed by atoms with Gasteiger partial charge in [-0.25, -0.2) is 4.79 Å². The lowest BCUT2D eigenvalue weighted by atomic mass is 9.93. The minimum Gasteiger partial charge on any atom is -0.388 e. The van der Waals surface area contributed by atoms with Gasteiger partial charge in [-0.3, -0.25) is 19.0 Å². The fourth-order valence-electron chi connectivity index (χ4n) is 3.70. The first-order valence-corrected chi connectivity index (χ1v) is 11.6. The molecule has 1 aromatic heterocycles. The van der Waals surface area contributed by atoms with Gasteiger partial charge in [0.2, 0.25) is 11.8 Å². The highest BCUT2D eigenvalue weighted by Crippen LogP contribution is 2.28. The number of hydrogen-bond acceptors (Lipinski definition) is 11. The van der Waals surface area contributed by atoms with Crippen molar-refractivity contribution in [1.29, 1.82) is 0 Å². The summed E-state index contributed by atoms with van der Waals surface area (Å²) in [6.07, 6.45) is -4.54. The Morgan fingerprint density at radius 3 is 2.56 bits per heavy atom. The first kappa shape index (κ1) is 29.3. The third kappa shape index (κ3) is 7.52. The monoisotopic (exact) mass is 512 g/mol. The van der Waals surface area contributed by atoms with E-state index in [-0.39, 0.29) is 26.1 Å². The molecule has 0 saturated carbocycles. The van der Waals surface area contributed by atoms with Crippen molar-refractivity contribution >= 4 is 17.7 Å². The minimum absolute atomic E-state index is 0.0462. The summed E-state index contributed by atoms with van der Waals surface area (Å²) in [7, 11) is 1.56. The van der Waals surface area contributed by atoms with Crippen molar-refractivity contribution in [3.63, 3.8) is 0 Å². The van der Waals surface area contributed by atoms with E-state index < -0.39 is 60.0 Å². The van der Waals surface area contributed by atoms with E-state index in [1.807, 2.05) is 0 Å². The van der Waals surface area contributed by atoms with E-state index in [1.54, 1.807) is 14.0 Å². The second-order valence-electron chi connectivity index (χ2n) is 8.38. The summed E-state index contributed by atoms with van der Waals surface area (Å²) in [6.45, 7) is 2.13. The third-order valence-electron chi connectivity index (χ3n) is 5.56. The van der Waals surface area contributed by atoms with Gasteiger partial charge in [-0.1, -0.05) is 0 Å². The fourth-order valence-corrected chi connectivity index (χ4v) is 3.70. The quantitative estimate of drug-likeness (QED) is 0.124. The van der Waals surface area contributed by atoms with Crippen LogP contribution in [0.3, 0.4) is 0 Å². The topological polar surface area (TPSA) is 236 Å². The van der Waals surface area contributed by atoms with Gasteiger partial charge in [0.1, 0.15) is 18.2 Å². The molecule has 0 aliphatic carbocycles. The Morgan fingerprint density at radius 1 is 1.22 bits per heavy atom. The smallest absolute Gasteiger partial charge is 0.349 e. The van der Waals surface area contributed by atoms with Crippen LogP contribution < -0.4 is 38.4 Å². The number of aromatic nitrogens is 2. The second-order valence-corrected chi connectivity index (χ2v) is 8.38. The zero-order valence-corrected chi connectivity index (χ0v) is 20.3. The number of nitrogens with two attached hydrogens (primary N) is 2. The van der Waals surface area contributed by atoms with Crippen LogP contribution in [0.1, 0.15) is 24.8 Å². The van der Waals surface area contributed by atoms with Gasteiger partial charge in [0, 0.05) is 18.4 Å². The molecular weight excluding hydrogens is 476 g/mol. The molecule has 1 fully saturated rings. The number of nitrogens with one attached hydrogen (secondary N) is 4. The summed E-state index contributed by atoms with van der Waals surface area (Å²) in [5.74, 6) is -1.90. The Hall–Kier alpha value is -2.95. The number of carbonyl (C=O) groups is 3. The SMILES string of the molecule is CNCC(=O)NC(CCN)C(=O)NC1C(C(=O)NCCCN)OC(n2ccc(C)nc2=O)C(O)C1O. The highest BCUT2D eigenvalue weighted by Gasteiger charge is 2.49.